The lowest BCUT2D eigenvalue weighted by Crippen LogP contribution is -2.09. The van der Waals surface area contributed by atoms with E-state index in [2.05, 4.69) is 30.9 Å². The van der Waals surface area contributed by atoms with E-state index in [0.29, 0.717) is 6.04 Å². The Bertz CT molecular complexity index is 255. The van der Waals surface area contributed by atoms with Crippen LogP contribution in [-0.2, 0) is 0 Å². The summed E-state index contributed by atoms with van der Waals surface area (Å²) in [5, 5.41) is 4.30. The van der Waals surface area contributed by atoms with Gasteiger partial charge in [0.1, 0.15) is 12.2 Å². The smallest absolute Gasteiger partial charge is 0.147 e. The molecule has 2 atom stereocenters. The molecule has 3 heteroatoms. The van der Waals surface area contributed by atoms with Crippen LogP contribution in [0.15, 0.2) is 6.33 Å². The fourth-order valence-electron chi connectivity index (χ4n) is 1.43. The third kappa shape index (κ3) is 4.96. The zero-order valence-electron chi connectivity index (χ0n) is 11.0. The first kappa shape index (κ1) is 14.1. The average molecular weight is 211 g/mol. The van der Waals surface area contributed by atoms with E-state index in [4.69, 9.17) is 0 Å². The first-order chi connectivity index (χ1) is 7.13. The molecule has 0 aromatic carbocycles. The molecule has 0 amide bonds. The lowest BCUT2D eigenvalue weighted by molar-refractivity contribution is 0.373. The molecule has 0 aliphatic carbocycles. The zero-order valence-corrected chi connectivity index (χ0v) is 11.0. The van der Waals surface area contributed by atoms with Gasteiger partial charge in [-0.2, -0.15) is 5.10 Å². The van der Waals surface area contributed by atoms with Gasteiger partial charge >= 0.3 is 0 Å². The van der Waals surface area contributed by atoms with Crippen LogP contribution in [0.4, 0.5) is 0 Å². The summed E-state index contributed by atoms with van der Waals surface area (Å²) in [5.74, 6) is 1.62. The second-order valence-electron chi connectivity index (χ2n) is 3.87. The summed E-state index contributed by atoms with van der Waals surface area (Å²) in [6.07, 6.45) is 4.24. The minimum atomic E-state index is 0.469. The molecule has 0 aliphatic heterocycles. The van der Waals surface area contributed by atoms with Gasteiger partial charge in [-0.3, -0.25) is 0 Å². The van der Waals surface area contributed by atoms with E-state index in [-0.39, 0.29) is 0 Å². The van der Waals surface area contributed by atoms with Crippen molar-refractivity contribution >= 4 is 0 Å². The van der Waals surface area contributed by atoms with Crippen molar-refractivity contribution in [3.8, 4) is 0 Å². The molecule has 0 N–H and O–H groups in total. The van der Waals surface area contributed by atoms with Crippen molar-refractivity contribution in [2.24, 2.45) is 5.92 Å². The predicted octanol–water partition coefficient (Wildman–Crippen LogP) is 3.61. The quantitative estimate of drug-likeness (QED) is 0.761. The minimum absolute atomic E-state index is 0.469. The van der Waals surface area contributed by atoms with Gasteiger partial charge in [-0.25, -0.2) is 9.67 Å². The molecule has 0 saturated heterocycles. The predicted molar refractivity (Wildman–Crippen MR) is 64.9 cm³/mol. The van der Waals surface area contributed by atoms with E-state index in [1.807, 2.05) is 31.8 Å². The van der Waals surface area contributed by atoms with Gasteiger partial charge in [0.05, 0.1) is 6.04 Å². The molecule has 3 nitrogen and oxygen atoms in total. The molecule has 1 rings (SSSR count). The maximum atomic E-state index is 4.30. The second-order valence-corrected chi connectivity index (χ2v) is 3.87. The number of aryl methyl sites for hydroxylation is 1. The molecular formula is C12H25N3. The van der Waals surface area contributed by atoms with Crippen LogP contribution in [-0.4, -0.2) is 14.8 Å². The summed E-state index contributed by atoms with van der Waals surface area (Å²) in [4.78, 5) is 4.12. The molecule has 15 heavy (non-hydrogen) atoms. The van der Waals surface area contributed by atoms with Crippen LogP contribution in [0.2, 0.25) is 0 Å². The highest BCUT2D eigenvalue weighted by atomic mass is 15.3. The Labute approximate surface area is 93.9 Å². The van der Waals surface area contributed by atoms with Crippen molar-refractivity contribution < 1.29 is 0 Å². The fourth-order valence-corrected chi connectivity index (χ4v) is 1.43. The Kier molecular flexibility index (Phi) is 7.01. The molecule has 0 radical (unpaired) electrons. The van der Waals surface area contributed by atoms with E-state index in [1.54, 1.807) is 0 Å². The average Bonchev–Trinajstić information content (AvgIpc) is 2.67. The van der Waals surface area contributed by atoms with Gasteiger partial charge < -0.3 is 0 Å². The summed E-state index contributed by atoms with van der Waals surface area (Å²) in [6.45, 7) is 12.6. The SMILES string of the molecule is CC.CCC(C)CC(C)n1cnc(C)n1. The summed E-state index contributed by atoms with van der Waals surface area (Å²) >= 11 is 0. The van der Waals surface area contributed by atoms with Crippen LogP contribution in [0, 0.1) is 12.8 Å². The second kappa shape index (κ2) is 7.43. The standard InChI is InChI=1S/C10H19N3.C2H6/c1-5-8(2)6-9(3)13-7-11-10(4)12-13;1-2/h7-9H,5-6H2,1-4H3;1-2H3. The molecule has 1 aromatic heterocycles. The first-order valence-electron chi connectivity index (χ1n) is 6.01. The van der Waals surface area contributed by atoms with E-state index in [0.717, 1.165) is 11.7 Å². The Morgan fingerprint density at radius 2 is 1.93 bits per heavy atom. The summed E-state index contributed by atoms with van der Waals surface area (Å²) in [7, 11) is 0. The Balaban J connectivity index is 0.000000921. The lowest BCUT2D eigenvalue weighted by atomic mass is 10.0. The molecule has 1 aromatic rings. The molecule has 0 aliphatic rings. The largest absolute Gasteiger partial charge is 0.250 e. The Morgan fingerprint density at radius 1 is 1.33 bits per heavy atom. The van der Waals surface area contributed by atoms with Crippen molar-refractivity contribution in [2.75, 3.05) is 0 Å². The molecule has 2 unspecified atom stereocenters. The molecular weight excluding hydrogens is 186 g/mol. The van der Waals surface area contributed by atoms with Gasteiger partial charge in [-0.15, -0.1) is 0 Å². The minimum Gasteiger partial charge on any atom is -0.250 e. The first-order valence-corrected chi connectivity index (χ1v) is 6.01. The van der Waals surface area contributed by atoms with Gasteiger partial charge in [0.15, 0.2) is 0 Å². The van der Waals surface area contributed by atoms with Crippen LogP contribution in [0.5, 0.6) is 0 Å². The van der Waals surface area contributed by atoms with E-state index >= 15 is 0 Å². The number of hydrogen-bond acceptors (Lipinski definition) is 2. The summed E-state index contributed by atoms with van der Waals surface area (Å²) < 4.78 is 1.96. The van der Waals surface area contributed by atoms with E-state index in [9.17, 15) is 0 Å². The molecule has 0 saturated carbocycles. The number of hydrogen-bond donors (Lipinski definition) is 0. The van der Waals surface area contributed by atoms with Crippen molar-refractivity contribution in [3.05, 3.63) is 12.2 Å². The Hall–Kier alpha value is -0.860. The zero-order chi connectivity index (χ0) is 11.8. The highest BCUT2D eigenvalue weighted by molar-refractivity contribution is 4.77. The van der Waals surface area contributed by atoms with Crippen molar-refractivity contribution in [1.82, 2.24) is 14.8 Å². The van der Waals surface area contributed by atoms with Gasteiger partial charge in [0, 0.05) is 0 Å². The topological polar surface area (TPSA) is 30.7 Å². The van der Waals surface area contributed by atoms with Crippen molar-refractivity contribution in [3.63, 3.8) is 0 Å². The molecule has 88 valence electrons. The number of nitrogens with zero attached hydrogens (tertiary/aromatic N) is 3. The van der Waals surface area contributed by atoms with E-state index < -0.39 is 0 Å². The van der Waals surface area contributed by atoms with Gasteiger partial charge in [0.25, 0.3) is 0 Å². The highest BCUT2D eigenvalue weighted by Gasteiger charge is 2.09. The molecule has 0 spiro atoms. The maximum absolute atomic E-state index is 4.30. The van der Waals surface area contributed by atoms with Crippen LogP contribution < -0.4 is 0 Å². The highest BCUT2D eigenvalue weighted by Crippen LogP contribution is 2.17. The van der Waals surface area contributed by atoms with Gasteiger partial charge in [0.2, 0.25) is 0 Å². The summed E-state index contributed by atoms with van der Waals surface area (Å²) in [6, 6.07) is 0.469. The third-order valence-electron chi connectivity index (χ3n) is 2.52. The fraction of sp³-hybridized carbons (Fsp3) is 0.833. The van der Waals surface area contributed by atoms with Crippen LogP contribution in [0.25, 0.3) is 0 Å². The molecule has 0 bridgehead atoms. The van der Waals surface area contributed by atoms with Crippen LogP contribution in [0.3, 0.4) is 0 Å². The van der Waals surface area contributed by atoms with E-state index in [1.165, 1.54) is 12.8 Å². The van der Waals surface area contributed by atoms with Crippen LogP contribution >= 0.6 is 0 Å². The van der Waals surface area contributed by atoms with Crippen LogP contribution in [0.1, 0.15) is 59.3 Å². The van der Waals surface area contributed by atoms with Gasteiger partial charge in [-0.05, 0) is 26.2 Å². The summed E-state index contributed by atoms with van der Waals surface area (Å²) in [5.41, 5.74) is 0. The van der Waals surface area contributed by atoms with Gasteiger partial charge in [-0.1, -0.05) is 34.1 Å². The molecule has 1 heterocycles. The number of rotatable bonds is 4. The lowest BCUT2D eigenvalue weighted by Gasteiger charge is -2.15. The third-order valence-corrected chi connectivity index (χ3v) is 2.52. The molecule has 0 fully saturated rings. The monoisotopic (exact) mass is 211 g/mol. The van der Waals surface area contributed by atoms with Crippen molar-refractivity contribution in [1.29, 1.82) is 0 Å². The van der Waals surface area contributed by atoms with Crippen molar-refractivity contribution in [2.45, 2.75) is 60.4 Å². The number of aromatic nitrogens is 3. The maximum Gasteiger partial charge on any atom is 0.147 e. The normalized spacial score (nSPS) is 14.0. The Morgan fingerprint density at radius 3 is 2.33 bits per heavy atom.